The van der Waals surface area contributed by atoms with Crippen LogP contribution in [0, 0.1) is 0 Å². The Hall–Kier alpha value is -2.57. The molecule has 7 heteroatoms. The summed E-state index contributed by atoms with van der Waals surface area (Å²) < 4.78 is 5.18. The number of hydrogen-bond acceptors (Lipinski definition) is 4. The minimum Gasteiger partial charge on any atom is -0.481 e. The van der Waals surface area contributed by atoms with Crippen molar-refractivity contribution in [2.75, 3.05) is 0 Å². The Morgan fingerprint density at radius 1 is 1.07 bits per heavy atom. The second-order valence-electron chi connectivity index (χ2n) is 8.40. The van der Waals surface area contributed by atoms with Crippen molar-refractivity contribution in [2.24, 2.45) is 0 Å². The van der Waals surface area contributed by atoms with Crippen LogP contribution in [0.25, 0.3) is 0 Å². The van der Waals surface area contributed by atoms with Crippen LogP contribution in [0.15, 0.2) is 30.3 Å². The van der Waals surface area contributed by atoms with Gasteiger partial charge in [-0.15, -0.1) is 0 Å². The van der Waals surface area contributed by atoms with E-state index in [0.717, 1.165) is 18.4 Å². The number of nitrogens with one attached hydrogen (secondary N) is 2. The van der Waals surface area contributed by atoms with E-state index in [-0.39, 0.29) is 6.42 Å². The smallest absolute Gasteiger partial charge is 0.408 e. The third kappa shape index (κ3) is 9.39. The number of aliphatic carboxylic acids is 1. The Morgan fingerprint density at radius 3 is 2.21 bits per heavy atom. The van der Waals surface area contributed by atoms with Gasteiger partial charge in [-0.2, -0.15) is 0 Å². The van der Waals surface area contributed by atoms with Crippen LogP contribution < -0.4 is 10.6 Å². The Morgan fingerprint density at radius 2 is 1.68 bits per heavy atom. The summed E-state index contributed by atoms with van der Waals surface area (Å²) >= 11 is 0. The van der Waals surface area contributed by atoms with Gasteiger partial charge in [0.15, 0.2) is 0 Å². The number of ether oxygens (including phenoxy) is 1. The van der Waals surface area contributed by atoms with Crippen LogP contribution in [-0.2, 0) is 20.7 Å². The fraction of sp³-hybridized carbons (Fsp3) is 0.571. The van der Waals surface area contributed by atoms with E-state index >= 15 is 0 Å². The minimum atomic E-state index is -1.24. The van der Waals surface area contributed by atoms with Crippen LogP contribution in [0.5, 0.6) is 0 Å². The van der Waals surface area contributed by atoms with E-state index in [4.69, 9.17) is 9.84 Å². The van der Waals surface area contributed by atoms with Crippen molar-refractivity contribution in [3.05, 3.63) is 35.9 Å². The van der Waals surface area contributed by atoms with Crippen LogP contribution >= 0.6 is 0 Å². The van der Waals surface area contributed by atoms with Gasteiger partial charge in [-0.1, -0.05) is 30.3 Å². The van der Waals surface area contributed by atoms with Gasteiger partial charge in [0.25, 0.3) is 0 Å². The van der Waals surface area contributed by atoms with Gasteiger partial charge in [0.2, 0.25) is 5.91 Å². The van der Waals surface area contributed by atoms with Crippen molar-refractivity contribution in [1.29, 1.82) is 0 Å². The second-order valence-corrected chi connectivity index (χ2v) is 8.40. The zero-order chi connectivity index (χ0) is 21.4. The average Bonchev–Trinajstić information content (AvgIpc) is 2.52. The third-order valence-corrected chi connectivity index (χ3v) is 4.00. The molecule has 0 saturated heterocycles. The molecule has 1 rings (SSSR count). The Balaban J connectivity index is 2.63. The van der Waals surface area contributed by atoms with Gasteiger partial charge < -0.3 is 20.5 Å². The van der Waals surface area contributed by atoms with Crippen LogP contribution in [0.2, 0.25) is 0 Å². The lowest BCUT2D eigenvalue weighted by molar-refractivity contribution is -0.138. The molecule has 0 bridgehead atoms. The maximum atomic E-state index is 12.6. The molecule has 156 valence electrons. The van der Waals surface area contributed by atoms with Gasteiger partial charge in [0.05, 0.1) is 6.42 Å². The van der Waals surface area contributed by atoms with Crippen LogP contribution in [-0.4, -0.2) is 40.3 Å². The predicted molar refractivity (Wildman–Crippen MR) is 107 cm³/mol. The summed E-state index contributed by atoms with van der Waals surface area (Å²) in [5.41, 5.74) is -0.756. The Kier molecular flexibility index (Phi) is 8.47. The van der Waals surface area contributed by atoms with Crippen molar-refractivity contribution < 1.29 is 24.2 Å². The van der Waals surface area contributed by atoms with Crippen molar-refractivity contribution in [2.45, 2.75) is 77.5 Å². The molecule has 7 nitrogen and oxygen atoms in total. The fourth-order valence-corrected chi connectivity index (χ4v) is 2.61. The van der Waals surface area contributed by atoms with Crippen molar-refractivity contribution >= 4 is 18.0 Å². The Bertz CT molecular complexity index is 665. The molecule has 0 heterocycles. The van der Waals surface area contributed by atoms with Crippen LogP contribution in [0.3, 0.4) is 0 Å². The molecule has 0 fully saturated rings. The van der Waals surface area contributed by atoms with Gasteiger partial charge in [-0.3, -0.25) is 9.59 Å². The van der Waals surface area contributed by atoms with E-state index in [1.165, 1.54) is 0 Å². The van der Waals surface area contributed by atoms with E-state index in [9.17, 15) is 14.4 Å². The van der Waals surface area contributed by atoms with Crippen molar-refractivity contribution in [3.63, 3.8) is 0 Å². The highest BCUT2D eigenvalue weighted by Crippen LogP contribution is 2.12. The number of rotatable bonds is 9. The molecular formula is C21H32N2O5. The number of benzene rings is 1. The predicted octanol–water partition coefficient (Wildman–Crippen LogP) is 3.27. The zero-order valence-corrected chi connectivity index (χ0v) is 17.4. The molecule has 0 spiro atoms. The number of amides is 2. The zero-order valence-electron chi connectivity index (χ0n) is 17.4. The standard InChI is InChI=1S/C21H32N2O5/c1-20(2,3)28-19(27)23-21(4,5)18(26)22-16(14-17(24)25)13-9-12-15-10-7-6-8-11-15/h6-8,10-11,16H,9,12-14H2,1-5H3,(H,22,26)(H,23,27)(H,24,25)/t16-/m1/s1. The summed E-state index contributed by atoms with van der Waals surface area (Å²) in [6, 6.07) is 9.36. The minimum absolute atomic E-state index is 0.178. The molecule has 28 heavy (non-hydrogen) atoms. The molecule has 1 aromatic carbocycles. The molecule has 0 aromatic heterocycles. The van der Waals surface area contributed by atoms with Gasteiger partial charge >= 0.3 is 12.1 Å². The first kappa shape index (κ1) is 23.5. The second kappa shape index (κ2) is 10.1. The highest BCUT2D eigenvalue weighted by Gasteiger charge is 2.33. The molecule has 1 atom stereocenters. The molecule has 0 saturated carbocycles. The van der Waals surface area contributed by atoms with Crippen LogP contribution in [0.4, 0.5) is 4.79 Å². The molecule has 0 aliphatic rings. The van der Waals surface area contributed by atoms with Crippen molar-refractivity contribution in [3.8, 4) is 0 Å². The lowest BCUT2D eigenvalue weighted by Crippen LogP contribution is -2.57. The summed E-state index contributed by atoms with van der Waals surface area (Å²) in [6.45, 7) is 8.29. The summed E-state index contributed by atoms with van der Waals surface area (Å²) in [5, 5.41) is 14.4. The molecule has 0 unspecified atom stereocenters. The summed E-state index contributed by atoms with van der Waals surface area (Å²) in [4.78, 5) is 35.7. The molecule has 1 aromatic rings. The third-order valence-electron chi connectivity index (χ3n) is 4.00. The van der Waals surface area contributed by atoms with E-state index in [1.807, 2.05) is 30.3 Å². The van der Waals surface area contributed by atoms with Gasteiger partial charge in [0, 0.05) is 6.04 Å². The Labute approximate surface area is 166 Å². The fourth-order valence-electron chi connectivity index (χ4n) is 2.61. The largest absolute Gasteiger partial charge is 0.481 e. The number of carbonyl (C=O) groups is 3. The number of carbonyl (C=O) groups excluding carboxylic acids is 2. The average molecular weight is 392 g/mol. The molecule has 0 radical (unpaired) electrons. The first-order chi connectivity index (χ1) is 12.9. The molecule has 0 aliphatic carbocycles. The summed E-state index contributed by atoms with van der Waals surface area (Å²) in [7, 11) is 0. The number of carboxylic acid groups (broad SMARTS) is 1. The van der Waals surface area contributed by atoms with E-state index in [1.54, 1.807) is 34.6 Å². The normalized spacial score (nSPS) is 12.8. The van der Waals surface area contributed by atoms with Gasteiger partial charge in [-0.25, -0.2) is 4.79 Å². The van der Waals surface area contributed by atoms with E-state index in [0.29, 0.717) is 6.42 Å². The SMILES string of the molecule is CC(C)(C)OC(=O)NC(C)(C)C(=O)N[C@H](CCCc1ccccc1)CC(=O)O. The molecule has 0 aliphatic heterocycles. The summed E-state index contributed by atoms with van der Waals surface area (Å²) in [5.74, 6) is -1.44. The maximum absolute atomic E-state index is 12.6. The first-order valence-electron chi connectivity index (χ1n) is 9.47. The van der Waals surface area contributed by atoms with Crippen molar-refractivity contribution in [1.82, 2.24) is 10.6 Å². The first-order valence-corrected chi connectivity index (χ1v) is 9.47. The van der Waals surface area contributed by atoms with Gasteiger partial charge in [-0.05, 0) is 59.4 Å². The maximum Gasteiger partial charge on any atom is 0.408 e. The number of carboxylic acids is 1. The van der Waals surface area contributed by atoms with Gasteiger partial charge in [0.1, 0.15) is 11.1 Å². The monoisotopic (exact) mass is 392 g/mol. The molecular weight excluding hydrogens is 360 g/mol. The summed E-state index contributed by atoms with van der Waals surface area (Å²) in [6.07, 6.45) is 1.18. The molecule has 2 amide bonds. The van der Waals surface area contributed by atoms with E-state index < -0.39 is 35.2 Å². The molecule has 3 N–H and O–H groups in total. The highest BCUT2D eigenvalue weighted by atomic mass is 16.6. The number of hydrogen-bond donors (Lipinski definition) is 3. The lowest BCUT2D eigenvalue weighted by Gasteiger charge is -2.29. The lowest BCUT2D eigenvalue weighted by atomic mass is 10.00. The number of aryl methyl sites for hydroxylation is 1. The van der Waals surface area contributed by atoms with Crippen LogP contribution in [0.1, 0.15) is 59.4 Å². The van der Waals surface area contributed by atoms with E-state index in [2.05, 4.69) is 10.6 Å². The highest BCUT2D eigenvalue weighted by molar-refractivity contribution is 5.89. The number of alkyl carbamates (subject to hydrolysis) is 1. The quantitative estimate of drug-likeness (QED) is 0.598. The topological polar surface area (TPSA) is 105 Å².